The molecule has 0 radical (unpaired) electrons. The van der Waals surface area contributed by atoms with E-state index in [1.807, 2.05) is 30.3 Å². The molecule has 0 spiro atoms. The highest BCUT2D eigenvalue weighted by molar-refractivity contribution is 6.30. The maximum Gasteiger partial charge on any atom is 0.270 e. The Labute approximate surface area is 122 Å². The van der Waals surface area contributed by atoms with Gasteiger partial charge in [0, 0.05) is 11.2 Å². The average molecular weight is 291 g/mol. The molecule has 2 N–H and O–H groups in total. The molecular weight excluding hydrogens is 276 g/mol. The first kappa shape index (κ1) is 14.5. The van der Waals surface area contributed by atoms with Crippen LogP contribution in [0.1, 0.15) is 16.1 Å². The SMILES string of the molecule is O=C(NC(CO)Cc1ccccc1)c1cc(Cl)ccn1. The molecule has 0 fully saturated rings. The number of aliphatic hydroxyl groups excluding tert-OH is 1. The summed E-state index contributed by atoms with van der Waals surface area (Å²) in [6.45, 7) is -0.138. The minimum Gasteiger partial charge on any atom is -0.394 e. The quantitative estimate of drug-likeness (QED) is 0.886. The van der Waals surface area contributed by atoms with E-state index in [-0.39, 0.29) is 24.2 Å². The normalized spacial score (nSPS) is 11.9. The molecule has 2 rings (SSSR count). The number of carbonyl (C=O) groups excluding carboxylic acids is 1. The van der Waals surface area contributed by atoms with Crippen LogP contribution in [0.3, 0.4) is 0 Å². The maximum atomic E-state index is 12.0. The molecule has 0 saturated heterocycles. The van der Waals surface area contributed by atoms with Gasteiger partial charge in [0.05, 0.1) is 12.6 Å². The number of carbonyl (C=O) groups is 1. The van der Waals surface area contributed by atoms with Crippen LogP contribution in [0.25, 0.3) is 0 Å². The number of hydrogen-bond donors (Lipinski definition) is 2. The molecule has 20 heavy (non-hydrogen) atoms. The Balaban J connectivity index is 2.01. The second-order valence-corrected chi connectivity index (χ2v) is 4.84. The van der Waals surface area contributed by atoms with E-state index in [1.165, 1.54) is 12.3 Å². The third kappa shape index (κ3) is 4.05. The standard InChI is InChI=1S/C15H15ClN2O2/c16-12-6-7-17-14(9-12)15(20)18-13(10-19)8-11-4-2-1-3-5-11/h1-7,9,13,19H,8,10H2,(H,18,20). The van der Waals surface area contributed by atoms with E-state index in [2.05, 4.69) is 10.3 Å². The van der Waals surface area contributed by atoms with E-state index in [0.29, 0.717) is 11.4 Å². The molecule has 2 aromatic rings. The van der Waals surface area contributed by atoms with Crippen molar-refractivity contribution >= 4 is 17.5 Å². The second-order valence-electron chi connectivity index (χ2n) is 4.40. The third-order valence-electron chi connectivity index (χ3n) is 2.84. The van der Waals surface area contributed by atoms with E-state index < -0.39 is 0 Å². The Bertz CT molecular complexity index is 575. The van der Waals surface area contributed by atoms with E-state index in [0.717, 1.165) is 5.56 Å². The van der Waals surface area contributed by atoms with Gasteiger partial charge >= 0.3 is 0 Å². The molecular formula is C15H15ClN2O2. The van der Waals surface area contributed by atoms with E-state index in [9.17, 15) is 9.90 Å². The van der Waals surface area contributed by atoms with Crippen LogP contribution in [0.15, 0.2) is 48.7 Å². The van der Waals surface area contributed by atoms with Gasteiger partial charge in [-0.15, -0.1) is 0 Å². The van der Waals surface area contributed by atoms with Crippen LogP contribution in [-0.2, 0) is 6.42 Å². The highest BCUT2D eigenvalue weighted by Gasteiger charge is 2.14. The van der Waals surface area contributed by atoms with Gasteiger partial charge in [-0.2, -0.15) is 0 Å². The molecule has 0 saturated carbocycles. The minimum absolute atomic E-state index is 0.138. The molecule has 1 amide bonds. The number of amides is 1. The van der Waals surface area contributed by atoms with Gasteiger partial charge in [-0.25, -0.2) is 0 Å². The summed E-state index contributed by atoms with van der Waals surface area (Å²) in [6, 6.07) is 12.4. The van der Waals surface area contributed by atoms with Crippen LogP contribution in [0.2, 0.25) is 5.02 Å². The van der Waals surface area contributed by atoms with Crippen molar-refractivity contribution in [3.8, 4) is 0 Å². The molecule has 1 heterocycles. The zero-order chi connectivity index (χ0) is 14.4. The third-order valence-corrected chi connectivity index (χ3v) is 3.07. The van der Waals surface area contributed by atoms with Gasteiger partial charge in [0.15, 0.2) is 0 Å². The number of benzene rings is 1. The van der Waals surface area contributed by atoms with Gasteiger partial charge in [0.25, 0.3) is 5.91 Å². The van der Waals surface area contributed by atoms with Gasteiger partial charge in [-0.3, -0.25) is 9.78 Å². The topological polar surface area (TPSA) is 62.2 Å². The number of aliphatic hydroxyl groups is 1. The summed E-state index contributed by atoms with van der Waals surface area (Å²) in [4.78, 5) is 16.0. The molecule has 5 heteroatoms. The lowest BCUT2D eigenvalue weighted by atomic mass is 10.1. The highest BCUT2D eigenvalue weighted by Crippen LogP contribution is 2.09. The molecule has 0 aliphatic heterocycles. The predicted molar refractivity (Wildman–Crippen MR) is 77.7 cm³/mol. The molecule has 1 atom stereocenters. The fourth-order valence-corrected chi connectivity index (χ4v) is 2.01. The zero-order valence-electron chi connectivity index (χ0n) is 10.8. The van der Waals surface area contributed by atoms with Crippen LogP contribution in [0, 0.1) is 0 Å². The van der Waals surface area contributed by atoms with Crippen LogP contribution in [0.4, 0.5) is 0 Å². The molecule has 1 aromatic heterocycles. The van der Waals surface area contributed by atoms with E-state index >= 15 is 0 Å². The predicted octanol–water partition coefficient (Wildman–Crippen LogP) is 2.07. The van der Waals surface area contributed by atoms with Gasteiger partial charge in [-0.1, -0.05) is 41.9 Å². The average Bonchev–Trinajstić information content (AvgIpc) is 2.47. The Hall–Kier alpha value is -1.91. The number of nitrogens with zero attached hydrogens (tertiary/aromatic N) is 1. The van der Waals surface area contributed by atoms with Gasteiger partial charge < -0.3 is 10.4 Å². The van der Waals surface area contributed by atoms with Crippen molar-refractivity contribution in [3.63, 3.8) is 0 Å². The lowest BCUT2D eigenvalue weighted by Crippen LogP contribution is -2.39. The van der Waals surface area contributed by atoms with Crippen molar-refractivity contribution in [1.82, 2.24) is 10.3 Å². The molecule has 4 nitrogen and oxygen atoms in total. The van der Waals surface area contributed by atoms with Crippen molar-refractivity contribution in [2.24, 2.45) is 0 Å². The maximum absolute atomic E-state index is 12.0. The number of pyridine rings is 1. The van der Waals surface area contributed by atoms with Gasteiger partial charge in [0.2, 0.25) is 0 Å². The highest BCUT2D eigenvalue weighted by atomic mass is 35.5. The van der Waals surface area contributed by atoms with Crippen molar-refractivity contribution in [2.45, 2.75) is 12.5 Å². The zero-order valence-corrected chi connectivity index (χ0v) is 11.5. The second kappa shape index (κ2) is 7.03. The lowest BCUT2D eigenvalue weighted by molar-refractivity contribution is 0.0911. The van der Waals surface area contributed by atoms with Crippen molar-refractivity contribution < 1.29 is 9.90 Å². The van der Waals surface area contributed by atoms with Crippen molar-refractivity contribution in [3.05, 3.63) is 64.9 Å². The van der Waals surface area contributed by atoms with Crippen LogP contribution in [-0.4, -0.2) is 28.6 Å². The number of hydrogen-bond acceptors (Lipinski definition) is 3. The fourth-order valence-electron chi connectivity index (χ4n) is 1.85. The molecule has 0 aliphatic carbocycles. The lowest BCUT2D eigenvalue weighted by Gasteiger charge is -2.16. The Morgan fingerprint density at radius 1 is 1.30 bits per heavy atom. The summed E-state index contributed by atoms with van der Waals surface area (Å²) in [5.41, 5.74) is 1.29. The smallest absolute Gasteiger partial charge is 0.270 e. The number of nitrogens with one attached hydrogen (secondary N) is 1. The first-order chi connectivity index (χ1) is 9.69. The van der Waals surface area contributed by atoms with Gasteiger partial charge in [-0.05, 0) is 24.1 Å². The fraction of sp³-hybridized carbons (Fsp3) is 0.200. The van der Waals surface area contributed by atoms with Crippen LogP contribution in [0.5, 0.6) is 0 Å². The summed E-state index contributed by atoms with van der Waals surface area (Å²) < 4.78 is 0. The molecule has 1 aromatic carbocycles. The summed E-state index contributed by atoms with van der Waals surface area (Å²) in [5, 5.41) is 12.6. The van der Waals surface area contributed by atoms with Gasteiger partial charge in [0.1, 0.15) is 5.69 Å². The first-order valence-electron chi connectivity index (χ1n) is 6.26. The molecule has 0 aliphatic rings. The summed E-state index contributed by atoms with van der Waals surface area (Å²) in [7, 11) is 0. The Morgan fingerprint density at radius 3 is 2.70 bits per heavy atom. The van der Waals surface area contributed by atoms with E-state index in [1.54, 1.807) is 6.07 Å². The summed E-state index contributed by atoms with van der Waals surface area (Å²) >= 11 is 5.82. The van der Waals surface area contributed by atoms with Crippen LogP contribution < -0.4 is 5.32 Å². The molecule has 1 unspecified atom stereocenters. The minimum atomic E-state index is -0.356. The number of halogens is 1. The largest absolute Gasteiger partial charge is 0.394 e. The summed E-state index contributed by atoms with van der Waals surface area (Å²) in [6.07, 6.45) is 2.03. The van der Waals surface area contributed by atoms with Crippen molar-refractivity contribution in [1.29, 1.82) is 0 Å². The summed E-state index contributed by atoms with van der Waals surface area (Å²) in [5.74, 6) is -0.345. The molecule has 104 valence electrons. The Morgan fingerprint density at radius 2 is 2.05 bits per heavy atom. The monoisotopic (exact) mass is 290 g/mol. The molecule has 0 bridgehead atoms. The van der Waals surface area contributed by atoms with Crippen molar-refractivity contribution in [2.75, 3.05) is 6.61 Å². The number of aromatic nitrogens is 1. The number of rotatable bonds is 5. The first-order valence-corrected chi connectivity index (χ1v) is 6.64. The van der Waals surface area contributed by atoms with Crippen LogP contribution >= 0.6 is 11.6 Å². The Kier molecular flexibility index (Phi) is 5.09. The van der Waals surface area contributed by atoms with E-state index in [4.69, 9.17) is 11.6 Å².